The number of likely N-dealkylation sites (tertiary alicyclic amines) is 1. The molecule has 3 aromatic rings. The van der Waals surface area contributed by atoms with Crippen LogP contribution in [-0.4, -0.2) is 68.6 Å². The number of halogens is 3. The third-order valence-electron chi connectivity index (χ3n) is 7.71. The summed E-state index contributed by atoms with van der Waals surface area (Å²) < 4.78 is 40.1. The van der Waals surface area contributed by atoms with Gasteiger partial charge in [-0.05, 0) is 49.4 Å². The number of rotatable bonds is 7. The van der Waals surface area contributed by atoms with E-state index in [1.54, 1.807) is 4.57 Å². The first kappa shape index (κ1) is 26.9. The van der Waals surface area contributed by atoms with Crippen molar-refractivity contribution in [2.24, 2.45) is 5.73 Å². The molecule has 1 aromatic carbocycles. The smallest absolute Gasteiger partial charge is 0.368 e. The van der Waals surface area contributed by atoms with Gasteiger partial charge in [-0.1, -0.05) is 6.07 Å². The maximum absolute atomic E-state index is 12.8. The fourth-order valence-corrected chi connectivity index (χ4v) is 5.70. The second-order valence-electron chi connectivity index (χ2n) is 10.4. The lowest BCUT2D eigenvalue weighted by Gasteiger charge is -2.34. The molecule has 0 bridgehead atoms. The van der Waals surface area contributed by atoms with Crippen LogP contribution in [0.3, 0.4) is 0 Å². The van der Waals surface area contributed by atoms with Crippen molar-refractivity contribution in [2.75, 3.05) is 31.5 Å². The van der Waals surface area contributed by atoms with E-state index in [-0.39, 0.29) is 19.1 Å². The zero-order chi connectivity index (χ0) is 27.7. The average molecular weight is 541 g/mol. The molecule has 3 N–H and O–H groups in total. The summed E-state index contributed by atoms with van der Waals surface area (Å²) in [5.74, 6) is 0.244. The number of benzene rings is 1. The van der Waals surface area contributed by atoms with Crippen LogP contribution in [0.5, 0.6) is 0 Å². The fraction of sp³-hybridized carbons (Fsp3) is 0.481. The Bertz CT molecular complexity index is 1420. The molecule has 1 amide bonds. The van der Waals surface area contributed by atoms with Crippen molar-refractivity contribution in [3.63, 3.8) is 0 Å². The summed E-state index contributed by atoms with van der Waals surface area (Å²) in [5.41, 5.74) is 10.5. The molecule has 0 aliphatic carbocycles. The van der Waals surface area contributed by atoms with E-state index in [4.69, 9.17) is 5.73 Å². The molecule has 39 heavy (non-hydrogen) atoms. The first-order valence-corrected chi connectivity index (χ1v) is 13.0. The molecule has 0 atom stereocenters. The quantitative estimate of drug-likeness (QED) is 0.473. The standard InChI is InChI=1S/C27H31F3N8O/c1-17-18(2-3-24-22(17)10-20(11-31)38(24)14-25(32)39)12-36-7-4-19(5-8-36)35-26-21-6-9-37(15-27(28,29)30)13-23(21)33-16-34-26/h2-3,10,16,19H,4-9,12-15H2,1H3,(H2,32,39)(H,33,34,35). The summed E-state index contributed by atoms with van der Waals surface area (Å²) in [7, 11) is 0. The Kier molecular flexibility index (Phi) is 7.46. The number of aromatic nitrogens is 3. The number of alkyl halides is 3. The van der Waals surface area contributed by atoms with Crippen LogP contribution in [0.1, 0.15) is 40.9 Å². The number of carbonyl (C=O) groups excluding carboxylic acids is 1. The van der Waals surface area contributed by atoms with Crippen LogP contribution in [-0.2, 0) is 30.8 Å². The zero-order valence-electron chi connectivity index (χ0n) is 21.8. The molecule has 1 saturated heterocycles. The number of nitrogens with two attached hydrogens (primary N) is 1. The Morgan fingerprint density at radius 2 is 1.97 bits per heavy atom. The molecular formula is C27H31F3N8O. The van der Waals surface area contributed by atoms with Crippen LogP contribution in [0.15, 0.2) is 24.5 Å². The number of nitrogens with one attached hydrogen (secondary N) is 1. The highest BCUT2D eigenvalue weighted by Gasteiger charge is 2.33. The van der Waals surface area contributed by atoms with Crippen molar-refractivity contribution in [2.45, 2.75) is 58.0 Å². The summed E-state index contributed by atoms with van der Waals surface area (Å²) in [6, 6.07) is 8.19. The Labute approximate surface area is 224 Å². The summed E-state index contributed by atoms with van der Waals surface area (Å²) >= 11 is 0. The zero-order valence-corrected chi connectivity index (χ0v) is 21.8. The third-order valence-corrected chi connectivity index (χ3v) is 7.71. The second kappa shape index (κ2) is 10.8. The van der Waals surface area contributed by atoms with Gasteiger partial charge in [-0.3, -0.25) is 14.6 Å². The first-order valence-electron chi connectivity index (χ1n) is 13.0. The van der Waals surface area contributed by atoms with E-state index in [1.165, 1.54) is 16.8 Å². The normalized spacial score (nSPS) is 17.2. The lowest BCUT2D eigenvalue weighted by molar-refractivity contribution is -0.147. The molecular weight excluding hydrogens is 509 g/mol. The van der Waals surface area contributed by atoms with Crippen LogP contribution < -0.4 is 11.1 Å². The molecule has 1 fully saturated rings. The van der Waals surface area contributed by atoms with E-state index in [2.05, 4.69) is 32.3 Å². The van der Waals surface area contributed by atoms with Gasteiger partial charge in [-0.25, -0.2) is 9.97 Å². The summed E-state index contributed by atoms with van der Waals surface area (Å²) in [5, 5.41) is 14.0. The van der Waals surface area contributed by atoms with Crippen LogP contribution in [0, 0.1) is 18.3 Å². The number of anilines is 1. The number of fused-ring (bicyclic) bond motifs is 2. The van der Waals surface area contributed by atoms with E-state index in [1.807, 2.05) is 19.1 Å². The van der Waals surface area contributed by atoms with Crippen molar-refractivity contribution in [3.05, 3.63) is 52.6 Å². The van der Waals surface area contributed by atoms with Crippen LogP contribution >= 0.6 is 0 Å². The Morgan fingerprint density at radius 3 is 2.67 bits per heavy atom. The minimum Gasteiger partial charge on any atom is -0.368 e. The van der Waals surface area contributed by atoms with E-state index in [0.29, 0.717) is 24.4 Å². The molecule has 0 saturated carbocycles. The molecule has 2 aromatic heterocycles. The van der Waals surface area contributed by atoms with Gasteiger partial charge in [0.25, 0.3) is 0 Å². The van der Waals surface area contributed by atoms with Gasteiger partial charge in [-0.2, -0.15) is 18.4 Å². The molecule has 5 rings (SSSR count). The van der Waals surface area contributed by atoms with Gasteiger partial charge >= 0.3 is 6.18 Å². The minimum absolute atomic E-state index is 0.0347. The van der Waals surface area contributed by atoms with E-state index >= 15 is 0 Å². The number of nitrogens with zero attached hydrogens (tertiary/aromatic N) is 6. The largest absolute Gasteiger partial charge is 0.401 e. The number of carbonyl (C=O) groups is 1. The summed E-state index contributed by atoms with van der Waals surface area (Å²) in [6.45, 7) is 4.12. The first-order chi connectivity index (χ1) is 18.6. The van der Waals surface area contributed by atoms with Crippen molar-refractivity contribution >= 4 is 22.6 Å². The Morgan fingerprint density at radius 1 is 1.21 bits per heavy atom. The highest BCUT2D eigenvalue weighted by molar-refractivity contribution is 5.88. The molecule has 0 spiro atoms. The number of hydrogen-bond acceptors (Lipinski definition) is 7. The Hall–Kier alpha value is -3.69. The van der Waals surface area contributed by atoms with Crippen molar-refractivity contribution in [1.29, 1.82) is 5.26 Å². The van der Waals surface area contributed by atoms with Gasteiger partial charge in [0.05, 0.1) is 12.2 Å². The molecule has 0 radical (unpaired) electrons. The number of nitriles is 1. The lowest BCUT2D eigenvalue weighted by atomic mass is 10.00. The van der Waals surface area contributed by atoms with E-state index < -0.39 is 18.6 Å². The highest BCUT2D eigenvalue weighted by Crippen LogP contribution is 2.29. The van der Waals surface area contributed by atoms with Gasteiger partial charge in [0, 0.05) is 55.2 Å². The molecule has 4 heterocycles. The number of piperidine rings is 1. The topological polar surface area (TPSA) is 116 Å². The molecule has 0 unspecified atom stereocenters. The molecule has 12 heteroatoms. The average Bonchev–Trinajstić information content (AvgIpc) is 3.23. The maximum Gasteiger partial charge on any atom is 0.401 e. The number of aryl methyl sites for hydroxylation is 1. The molecule has 2 aliphatic heterocycles. The van der Waals surface area contributed by atoms with Gasteiger partial charge in [0.15, 0.2) is 0 Å². The van der Waals surface area contributed by atoms with Crippen LogP contribution in [0.2, 0.25) is 0 Å². The van der Waals surface area contributed by atoms with Crippen molar-refractivity contribution < 1.29 is 18.0 Å². The second-order valence-corrected chi connectivity index (χ2v) is 10.4. The fourth-order valence-electron chi connectivity index (χ4n) is 5.70. The third kappa shape index (κ3) is 5.99. The number of amides is 1. The predicted octanol–water partition coefficient (Wildman–Crippen LogP) is 3.09. The summed E-state index contributed by atoms with van der Waals surface area (Å²) in [6.07, 6.45) is -0.480. The molecule has 9 nitrogen and oxygen atoms in total. The van der Waals surface area contributed by atoms with Crippen molar-refractivity contribution in [3.8, 4) is 6.07 Å². The van der Waals surface area contributed by atoms with Crippen molar-refractivity contribution in [1.82, 2.24) is 24.3 Å². The monoisotopic (exact) mass is 540 g/mol. The van der Waals surface area contributed by atoms with Crippen LogP contribution in [0.4, 0.5) is 19.0 Å². The van der Waals surface area contributed by atoms with Gasteiger partial charge in [-0.15, -0.1) is 0 Å². The van der Waals surface area contributed by atoms with Crippen LogP contribution in [0.25, 0.3) is 10.9 Å². The number of hydrogen-bond donors (Lipinski definition) is 2. The maximum atomic E-state index is 12.8. The molecule has 206 valence electrons. The van der Waals surface area contributed by atoms with Gasteiger partial charge < -0.3 is 15.6 Å². The Balaban J connectivity index is 1.21. The predicted molar refractivity (Wildman–Crippen MR) is 140 cm³/mol. The minimum atomic E-state index is -4.22. The van der Waals surface area contributed by atoms with E-state index in [9.17, 15) is 23.2 Å². The number of primary amides is 1. The molecule has 2 aliphatic rings. The van der Waals surface area contributed by atoms with Gasteiger partial charge in [0.2, 0.25) is 5.91 Å². The summed E-state index contributed by atoms with van der Waals surface area (Å²) in [4.78, 5) is 23.9. The lowest BCUT2D eigenvalue weighted by Crippen LogP contribution is -2.40. The highest BCUT2D eigenvalue weighted by atomic mass is 19.4. The van der Waals surface area contributed by atoms with Gasteiger partial charge in [0.1, 0.15) is 30.5 Å². The van der Waals surface area contributed by atoms with E-state index in [0.717, 1.165) is 60.3 Å². The SMILES string of the molecule is Cc1c(CN2CCC(Nc3ncnc4c3CCN(CC(F)(F)F)C4)CC2)ccc2c1cc(C#N)n2CC(N)=O.